The molecule has 1 heterocycles. The molecule has 1 aromatic carbocycles. The zero-order valence-corrected chi connectivity index (χ0v) is 17.1. The Hall–Kier alpha value is -2.48. The van der Waals surface area contributed by atoms with Crippen molar-refractivity contribution in [3.8, 4) is 11.5 Å². The zero-order valence-electron chi connectivity index (χ0n) is 17.1. The summed E-state index contributed by atoms with van der Waals surface area (Å²) in [5.74, 6) is 1.77. The molecule has 0 radical (unpaired) electrons. The Bertz CT molecular complexity index is 650. The van der Waals surface area contributed by atoms with Crippen molar-refractivity contribution in [3.63, 3.8) is 0 Å². The van der Waals surface area contributed by atoms with E-state index in [-0.39, 0.29) is 18.4 Å². The van der Waals surface area contributed by atoms with E-state index in [1.807, 2.05) is 6.92 Å². The van der Waals surface area contributed by atoms with Crippen molar-refractivity contribution < 1.29 is 24.1 Å². The van der Waals surface area contributed by atoms with Gasteiger partial charge in [0.1, 0.15) is 11.5 Å². The minimum Gasteiger partial charge on any atom is -0.497 e. The Morgan fingerprint density at radius 1 is 1.21 bits per heavy atom. The Morgan fingerprint density at radius 3 is 2.32 bits per heavy atom. The highest BCUT2D eigenvalue weighted by atomic mass is 16.5. The minimum absolute atomic E-state index is 0.0565. The highest BCUT2D eigenvalue weighted by Crippen LogP contribution is 2.26. The van der Waals surface area contributed by atoms with Gasteiger partial charge in [0.15, 0.2) is 5.96 Å². The first-order valence-electron chi connectivity index (χ1n) is 9.54. The van der Waals surface area contributed by atoms with Gasteiger partial charge in [0, 0.05) is 25.7 Å². The first-order chi connectivity index (χ1) is 13.5. The van der Waals surface area contributed by atoms with Crippen LogP contribution in [-0.4, -0.2) is 69.4 Å². The number of esters is 1. The molecule has 8 heteroatoms. The molecule has 28 heavy (non-hydrogen) atoms. The number of nitrogens with zero attached hydrogens (tertiary/aromatic N) is 2. The van der Waals surface area contributed by atoms with E-state index in [4.69, 9.17) is 14.2 Å². The second kappa shape index (κ2) is 10.8. The molecule has 0 aliphatic carbocycles. The highest BCUT2D eigenvalue weighted by molar-refractivity contribution is 5.80. The molecule has 1 aliphatic rings. The lowest BCUT2D eigenvalue weighted by molar-refractivity contribution is -0.146. The van der Waals surface area contributed by atoms with Crippen LogP contribution in [0.25, 0.3) is 0 Å². The van der Waals surface area contributed by atoms with Gasteiger partial charge in [0.05, 0.1) is 39.9 Å². The summed E-state index contributed by atoms with van der Waals surface area (Å²) in [5.41, 5.74) is 0.681. The second-order valence-electron chi connectivity index (χ2n) is 6.64. The third-order valence-corrected chi connectivity index (χ3v) is 4.84. The molecule has 0 bridgehead atoms. The van der Waals surface area contributed by atoms with Crippen LogP contribution in [0.5, 0.6) is 11.5 Å². The number of hydrogen-bond acceptors (Lipinski definition) is 6. The first kappa shape index (κ1) is 21.8. The summed E-state index contributed by atoms with van der Waals surface area (Å²) in [6, 6.07) is 5.31. The molecule has 1 unspecified atom stereocenters. The van der Waals surface area contributed by atoms with Gasteiger partial charge in [0.2, 0.25) is 0 Å². The van der Waals surface area contributed by atoms with Crippen LogP contribution in [0.4, 0.5) is 0 Å². The summed E-state index contributed by atoms with van der Waals surface area (Å²) in [6.07, 6.45) is 0.671. The lowest BCUT2D eigenvalue weighted by Gasteiger charge is -2.33. The van der Waals surface area contributed by atoms with Crippen LogP contribution < -0.4 is 14.8 Å². The lowest BCUT2D eigenvalue weighted by atomic mass is 9.97. The Kier molecular flexibility index (Phi) is 8.38. The number of likely N-dealkylation sites (tertiary alicyclic amines) is 1. The number of hydrogen-bond donors (Lipinski definition) is 2. The van der Waals surface area contributed by atoms with Crippen molar-refractivity contribution >= 4 is 11.9 Å². The molecule has 1 aromatic rings. The van der Waals surface area contributed by atoms with Crippen molar-refractivity contribution in [2.45, 2.75) is 25.9 Å². The number of benzene rings is 1. The molecule has 8 nitrogen and oxygen atoms in total. The molecule has 1 saturated heterocycles. The van der Waals surface area contributed by atoms with Crippen molar-refractivity contribution in [1.82, 2.24) is 10.2 Å². The van der Waals surface area contributed by atoms with Crippen LogP contribution >= 0.6 is 0 Å². The maximum absolute atomic E-state index is 11.7. The fraction of sp³-hybridized carbons (Fsp3) is 0.600. The molecule has 2 N–H and O–H groups in total. The van der Waals surface area contributed by atoms with E-state index < -0.39 is 6.10 Å². The molecule has 0 amide bonds. The molecule has 1 fully saturated rings. The Labute approximate surface area is 166 Å². The van der Waals surface area contributed by atoms with Crippen LogP contribution in [0.1, 0.15) is 31.4 Å². The second-order valence-corrected chi connectivity index (χ2v) is 6.64. The monoisotopic (exact) mass is 393 g/mol. The van der Waals surface area contributed by atoms with Gasteiger partial charge in [-0.25, -0.2) is 0 Å². The maximum atomic E-state index is 11.7. The Morgan fingerprint density at radius 2 is 1.82 bits per heavy atom. The average molecular weight is 393 g/mol. The van der Waals surface area contributed by atoms with E-state index in [1.54, 1.807) is 32.4 Å². The number of ether oxygens (including phenoxy) is 3. The van der Waals surface area contributed by atoms with Crippen LogP contribution in [0.15, 0.2) is 23.2 Å². The number of aliphatic imine (C=N–C) groups is 1. The standard InChI is InChI=1S/C20H31N3O5/c1-5-21-20(23-8-6-14(7-9-23)19(25)28-4)22-13-18(24)15-10-16(26-2)12-17(11-15)27-3/h10-12,14,18,24H,5-9,13H2,1-4H3,(H,21,22). The normalized spacial score (nSPS) is 16.5. The average Bonchev–Trinajstić information content (AvgIpc) is 2.75. The van der Waals surface area contributed by atoms with Crippen molar-refractivity contribution in [2.75, 3.05) is 47.5 Å². The van der Waals surface area contributed by atoms with Gasteiger partial charge < -0.3 is 29.5 Å². The summed E-state index contributed by atoms with van der Waals surface area (Å²) < 4.78 is 15.4. The molecule has 0 spiro atoms. The van der Waals surface area contributed by atoms with E-state index in [0.29, 0.717) is 30.2 Å². The van der Waals surface area contributed by atoms with Crippen molar-refractivity contribution in [1.29, 1.82) is 0 Å². The fourth-order valence-corrected chi connectivity index (χ4v) is 3.22. The van der Waals surface area contributed by atoms with Gasteiger partial charge in [-0.1, -0.05) is 0 Å². The number of guanidine groups is 1. The Balaban J connectivity index is 2.05. The SMILES string of the molecule is CCNC(=NCC(O)c1cc(OC)cc(OC)c1)N1CCC(C(=O)OC)CC1. The number of nitrogens with one attached hydrogen (secondary N) is 1. The van der Waals surface area contributed by atoms with E-state index >= 15 is 0 Å². The van der Waals surface area contributed by atoms with Crippen LogP contribution in [0, 0.1) is 5.92 Å². The largest absolute Gasteiger partial charge is 0.497 e. The van der Waals surface area contributed by atoms with Gasteiger partial charge in [-0.05, 0) is 37.5 Å². The molecule has 0 aromatic heterocycles. The summed E-state index contributed by atoms with van der Waals surface area (Å²) in [7, 11) is 4.57. The topological polar surface area (TPSA) is 92.6 Å². The molecule has 1 atom stereocenters. The van der Waals surface area contributed by atoms with Crippen molar-refractivity contribution in [2.24, 2.45) is 10.9 Å². The smallest absolute Gasteiger partial charge is 0.308 e. The number of aliphatic hydroxyl groups is 1. The van der Waals surface area contributed by atoms with Gasteiger partial charge in [-0.15, -0.1) is 0 Å². The van der Waals surface area contributed by atoms with Crippen LogP contribution in [-0.2, 0) is 9.53 Å². The minimum atomic E-state index is -0.787. The van der Waals surface area contributed by atoms with Gasteiger partial charge in [0.25, 0.3) is 0 Å². The summed E-state index contributed by atoms with van der Waals surface area (Å²) in [5, 5.41) is 13.9. The molecule has 0 saturated carbocycles. The van der Waals surface area contributed by atoms with Gasteiger partial charge >= 0.3 is 5.97 Å². The summed E-state index contributed by atoms with van der Waals surface area (Å²) in [4.78, 5) is 18.4. The number of rotatable bonds is 7. The predicted octanol–water partition coefficient (Wildman–Crippen LogP) is 1.59. The third-order valence-electron chi connectivity index (χ3n) is 4.84. The maximum Gasteiger partial charge on any atom is 0.308 e. The van der Waals surface area contributed by atoms with E-state index in [2.05, 4.69) is 15.2 Å². The number of carbonyl (C=O) groups is 1. The van der Waals surface area contributed by atoms with Crippen LogP contribution in [0.2, 0.25) is 0 Å². The predicted molar refractivity (Wildman–Crippen MR) is 107 cm³/mol. The van der Waals surface area contributed by atoms with Crippen molar-refractivity contribution in [3.05, 3.63) is 23.8 Å². The molecule has 2 rings (SSSR count). The molecule has 1 aliphatic heterocycles. The van der Waals surface area contributed by atoms with E-state index in [9.17, 15) is 9.90 Å². The highest BCUT2D eigenvalue weighted by Gasteiger charge is 2.27. The van der Waals surface area contributed by atoms with Crippen LogP contribution in [0.3, 0.4) is 0 Å². The van der Waals surface area contributed by atoms with E-state index in [0.717, 1.165) is 25.3 Å². The zero-order chi connectivity index (χ0) is 20.5. The van der Waals surface area contributed by atoms with E-state index in [1.165, 1.54) is 7.11 Å². The summed E-state index contributed by atoms with van der Waals surface area (Å²) >= 11 is 0. The molecular weight excluding hydrogens is 362 g/mol. The lowest BCUT2D eigenvalue weighted by Crippen LogP contribution is -2.46. The quantitative estimate of drug-likeness (QED) is 0.413. The molecule has 156 valence electrons. The summed E-state index contributed by atoms with van der Waals surface area (Å²) in [6.45, 7) is 4.36. The first-order valence-corrected chi connectivity index (χ1v) is 9.54. The van der Waals surface area contributed by atoms with Gasteiger partial charge in [-0.3, -0.25) is 9.79 Å². The third kappa shape index (κ3) is 5.76. The number of carbonyl (C=O) groups excluding carboxylic acids is 1. The fourth-order valence-electron chi connectivity index (χ4n) is 3.22. The van der Waals surface area contributed by atoms with Gasteiger partial charge in [-0.2, -0.15) is 0 Å². The number of piperidine rings is 1. The number of aliphatic hydroxyl groups excluding tert-OH is 1. The molecular formula is C20H31N3O5. The number of methoxy groups -OCH3 is 3.